The molecule has 2 rings (SSSR count). The van der Waals surface area contributed by atoms with Crippen molar-refractivity contribution >= 4 is 10.0 Å². The summed E-state index contributed by atoms with van der Waals surface area (Å²) in [6.07, 6.45) is 2.80. The van der Waals surface area contributed by atoms with Crippen LogP contribution in [0.25, 0.3) is 0 Å². The van der Waals surface area contributed by atoms with Gasteiger partial charge in [-0.2, -0.15) is 4.31 Å². The van der Waals surface area contributed by atoms with Crippen LogP contribution in [-0.2, 0) is 10.0 Å². The van der Waals surface area contributed by atoms with Crippen molar-refractivity contribution in [1.82, 2.24) is 4.31 Å². The molecule has 1 heterocycles. The third kappa shape index (κ3) is 2.75. The number of piperidine rings is 1. The van der Waals surface area contributed by atoms with Crippen LogP contribution < -0.4 is 5.73 Å². The molecule has 2 unspecified atom stereocenters. The van der Waals surface area contributed by atoms with Gasteiger partial charge >= 0.3 is 0 Å². The highest BCUT2D eigenvalue weighted by molar-refractivity contribution is 7.89. The van der Waals surface area contributed by atoms with Gasteiger partial charge in [-0.3, -0.25) is 0 Å². The number of sulfonamides is 1. The molecule has 1 aliphatic heterocycles. The van der Waals surface area contributed by atoms with Crippen molar-refractivity contribution in [1.29, 1.82) is 0 Å². The molecule has 0 saturated carbocycles. The zero-order valence-corrected chi connectivity index (χ0v) is 13.3. The Bertz CT molecular complexity index is 584. The third-order valence-corrected chi connectivity index (χ3v) is 6.34. The molecular formula is C15H24N2O2S. The van der Waals surface area contributed by atoms with Crippen LogP contribution in [0.1, 0.15) is 37.3 Å². The second kappa shape index (κ2) is 5.84. The van der Waals surface area contributed by atoms with Crippen LogP contribution in [-0.4, -0.2) is 31.4 Å². The van der Waals surface area contributed by atoms with E-state index >= 15 is 0 Å². The van der Waals surface area contributed by atoms with Gasteiger partial charge in [0.25, 0.3) is 0 Å². The molecule has 0 amide bonds. The van der Waals surface area contributed by atoms with Gasteiger partial charge < -0.3 is 5.73 Å². The van der Waals surface area contributed by atoms with Crippen molar-refractivity contribution in [3.8, 4) is 0 Å². The summed E-state index contributed by atoms with van der Waals surface area (Å²) in [4.78, 5) is 0.382. The quantitative estimate of drug-likeness (QED) is 0.930. The zero-order valence-electron chi connectivity index (χ0n) is 12.5. The summed E-state index contributed by atoms with van der Waals surface area (Å²) in [5, 5.41) is 0. The molecule has 0 radical (unpaired) electrons. The number of hydrogen-bond donors (Lipinski definition) is 1. The van der Waals surface area contributed by atoms with E-state index in [2.05, 4.69) is 0 Å². The van der Waals surface area contributed by atoms with E-state index in [9.17, 15) is 8.42 Å². The zero-order chi connectivity index (χ0) is 14.9. The summed E-state index contributed by atoms with van der Waals surface area (Å²) in [5.41, 5.74) is 7.88. The molecule has 5 heteroatoms. The summed E-state index contributed by atoms with van der Waals surface area (Å²) in [5.74, 6) is 0. The molecule has 1 aliphatic rings. The van der Waals surface area contributed by atoms with Crippen LogP contribution in [0.5, 0.6) is 0 Å². The predicted molar refractivity (Wildman–Crippen MR) is 81.1 cm³/mol. The first kappa shape index (κ1) is 15.5. The normalized spacial score (nSPS) is 24.8. The Hall–Kier alpha value is -0.910. The summed E-state index contributed by atoms with van der Waals surface area (Å²) in [6, 6.07) is 5.27. The van der Waals surface area contributed by atoms with Gasteiger partial charge in [0.05, 0.1) is 4.90 Å². The highest BCUT2D eigenvalue weighted by atomic mass is 32.2. The largest absolute Gasteiger partial charge is 0.329 e. The maximum Gasteiger partial charge on any atom is 0.243 e. The lowest BCUT2D eigenvalue weighted by Gasteiger charge is -2.39. The minimum Gasteiger partial charge on any atom is -0.329 e. The molecule has 1 aromatic carbocycles. The van der Waals surface area contributed by atoms with E-state index in [0.717, 1.165) is 30.4 Å². The fourth-order valence-electron chi connectivity index (χ4n) is 2.91. The monoisotopic (exact) mass is 296 g/mol. The Labute approximate surface area is 122 Å². The molecule has 20 heavy (non-hydrogen) atoms. The van der Waals surface area contributed by atoms with Crippen molar-refractivity contribution in [3.63, 3.8) is 0 Å². The number of hydrogen-bond acceptors (Lipinski definition) is 3. The van der Waals surface area contributed by atoms with Gasteiger partial charge in [0.15, 0.2) is 0 Å². The van der Waals surface area contributed by atoms with E-state index < -0.39 is 10.0 Å². The van der Waals surface area contributed by atoms with E-state index in [0.29, 0.717) is 11.4 Å². The Morgan fingerprint density at radius 1 is 1.25 bits per heavy atom. The van der Waals surface area contributed by atoms with Gasteiger partial charge in [-0.25, -0.2) is 8.42 Å². The lowest BCUT2D eigenvalue weighted by atomic mass is 10.00. The van der Waals surface area contributed by atoms with Crippen molar-refractivity contribution in [2.75, 3.05) is 6.54 Å². The summed E-state index contributed by atoms with van der Waals surface area (Å²) >= 11 is 0. The standard InChI is InChI=1S/C15H24N2O2S/c1-11-7-8-15(9-12(11)2)20(18,19)17-13(3)5-4-6-14(17)10-16/h7-9,13-14H,4-6,10,16H2,1-3H3. The molecule has 1 saturated heterocycles. The first-order valence-corrected chi connectivity index (χ1v) is 8.62. The maximum absolute atomic E-state index is 12.9. The topological polar surface area (TPSA) is 63.4 Å². The third-order valence-electron chi connectivity index (χ3n) is 4.28. The Kier molecular flexibility index (Phi) is 4.52. The van der Waals surface area contributed by atoms with Gasteiger partial charge in [0, 0.05) is 18.6 Å². The second-order valence-corrected chi connectivity index (χ2v) is 7.59. The lowest BCUT2D eigenvalue weighted by Crippen LogP contribution is -2.51. The average Bonchev–Trinajstić information content (AvgIpc) is 2.41. The molecule has 2 N–H and O–H groups in total. The highest BCUT2D eigenvalue weighted by Gasteiger charge is 2.37. The minimum absolute atomic E-state index is 0.0175. The first-order valence-electron chi connectivity index (χ1n) is 7.18. The number of rotatable bonds is 3. The molecular weight excluding hydrogens is 272 g/mol. The fourth-order valence-corrected chi connectivity index (χ4v) is 4.89. The number of benzene rings is 1. The van der Waals surface area contributed by atoms with E-state index in [1.807, 2.05) is 26.8 Å². The summed E-state index contributed by atoms with van der Waals surface area (Å²) < 4.78 is 27.4. The average molecular weight is 296 g/mol. The molecule has 0 aliphatic carbocycles. The number of aryl methyl sites for hydroxylation is 2. The lowest BCUT2D eigenvalue weighted by molar-refractivity contribution is 0.196. The predicted octanol–water partition coefficient (Wildman–Crippen LogP) is 2.19. The van der Waals surface area contributed by atoms with Crippen LogP contribution in [0.2, 0.25) is 0 Å². The van der Waals surface area contributed by atoms with Gasteiger partial charge in [0.1, 0.15) is 0 Å². The van der Waals surface area contributed by atoms with Crippen LogP contribution in [0.15, 0.2) is 23.1 Å². The van der Waals surface area contributed by atoms with Gasteiger partial charge in [0.2, 0.25) is 10.0 Å². The van der Waals surface area contributed by atoms with Crippen molar-refractivity contribution in [2.45, 2.75) is 57.0 Å². The number of nitrogens with zero attached hydrogens (tertiary/aromatic N) is 1. The van der Waals surface area contributed by atoms with Crippen molar-refractivity contribution in [2.24, 2.45) is 5.73 Å². The first-order chi connectivity index (χ1) is 9.37. The van der Waals surface area contributed by atoms with Crippen LogP contribution >= 0.6 is 0 Å². The van der Waals surface area contributed by atoms with E-state index in [1.165, 1.54) is 0 Å². The van der Waals surface area contributed by atoms with Gasteiger partial charge in [-0.15, -0.1) is 0 Å². The minimum atomic E-state index is -3.46. The Balaban J connectivity index is 2.44. The van der Waals surface area contributed by atoms with E-state index in [-0.39, 0.29) is 12.1 Å². The molecule has 0 spiro atoms. The number of nitrogens with two attached hydrogens (primary N) is 1. The second-order valence-electron chi connectivity index (χ2n) is 5.75. The van der Waals surface area contributed by atoms with Crippen molar-refractivity contribution < 1.29 is 8.42 Å². The molecule has 0 bridgehead atoms. The molecule has 0 aromatic heterocycles. The Morgan fingerprint density at radius 2 is 1.95 bits per heavy atom. The van der Waals surface area contributed by atoms with E-state index in [1.54, 1.807) is 16.4 Å². The fraction of sp³-hybridized carbons (Fsp3) is 0.600. The maximum atomic E-state index is 12.9. The molecule has 1 fully saturated rings. The molecule has 112 valence electrons. The Morgan fingerprint density at radius 3 is 2.55 bits per heavy atom. The van der Waals surface area contributed by atoms with Gasteiger partial charge in [-0.1, -0.05) is 12.5 Å². The molecule has 4 nitrogen and oxygen atoms in total. The van der Waals surface area contributed by atoms with Crippen molar-refractivity contribution in [3.05, 3.63) is 29.3 Å². The van der Waals surface area contributed by atoms with E-state index in [4.69, 9.17) is 5.73 Å². The molecule has 1 aromatic rings. The highest BCUT2D eigenvalue weighted by Crippen LogP contribution is 2.29. The summed E-state index contributed by atoms with van der Waals surface area (Å²) in [6.45, 7) is 6.28. The van der Waals surface area contributed by atoms with Crippen LogP contribution in [0.4, 0.5) is 0 Å². The smallest absolute Gasteiger partial charge is 0.243 e. The van der Waals surface area contributed by atoms with Crippen LogP contribution in [0.3, 0.4) is 0 Å². The SMILES string of the molecule is Cc1ccc(S(=O)(=O)N2C(C)CCCC2CN)cc1C. The van der Waals surface area contributed by atoms with Gasteiger partial charge in [-0.05, 0) is 56.9 Å². The van der Waals surface area contributed by atoms with Crippen LogP contribution in [0, 0.1) is 13.8 Å². The molecule has 2 atom stereocenters. The summed E-state index contributed by atoms with van der Waals surface area (Å²) in [7, 11) is -3.46.